The van der Waals surface area contributed by atoms with E-state index in [0.717, 1.165) is 35.5 Å². The fourth-order valence-corrected chi connectivity index (χ4v) is 2.76. The fourth-order valence-electron chi connectivity index (χ4n) is 2.76. The average molecular weight is 387 g/mol. The molecule has 0 amide bonds. The Kier molecular flexibility index (Phi) is 8.40. The van der Waals surface area contributed by atoms with Crippen molar-refractivity contribution in [2.45, 2.75) is 0 Å². The van der Waals surface area contributed by atoms with Crippen molar-refractivity contribution >= 4 is 17.3 Å². The predicted octanol–water partition coefficient (Wildman–Crippen LogP) is 3.71. The zero-order valence-electron chi connectivity index (χ0n) is 14.8. The van der Waals surface area contributed by atoms with E-state index in [0.29, 0.717) is 0 Å². The second-order valence-corrected chi connectivity index (χ2v) is 6.19. The van der Waals surface area contributed by atoms with Crippen LogP contribution in [-0.4, -0.2) is 31.8 Å². The first-order chi connectivity index (χ1) is 12.2. The SMILES string of the molecule is CN(C)C[C]1[CH][CH][CH][C]1c1cc2ccccc2o1.O=C[C]1[CH][CH][CH][CH]1.[Fe]. The zero-order chi connectivity index (χ0) is 17.6. The molecule has 0 N–H and O–H groups in total. The topological polar surface area (TPSA) is 33.5 Å². The number of nitrogens with zero attached hydrogens (tertiary/aromatic N) is 1. The molecule has 3 nitrogen and oxygen atoms in total. The van der Waals surface area contributed by atoms with Crippen LogP contribution in [0.3, 0.4) is 0 Å². The number of fused-ring (bicyclic) bond motifs is 1. The van der Waals surface area contributed by atoms with Crippen LogP contribution in [0.25, 0.3) is 11.0 Å². The summed E-state index contributed by atoms with van der Waals surface area (Å²) in [4.78, 5) is 12.0. The van der Waals surface area contributed by atoms with Crippen LogP contribution in [0.5, 0.6) is 0 Å². The van der Waals surface area contributed by atoms with Crippen LogP contribution in [0, 0.1) is 62.7 Å². The van der Waals surface area contributed by atoms with Gasteiger partial charge in [-0.15, -0.1) is 0 Å². The maximum absolute atomic E-state index is 9.87. The van der Waals surface area contributed by atoms with Gasteiger partial charge in [-0.1, -0.05) is 18.2 Å². The molecule has 1 aromatic heterocycles. The van der Waals surface area contributed by atoms with E-state index in [9.17, 15) is 4.79 Å². The van der Waals surface area contributed by atoms with Crippen molar-refractivity contribution in [2.24, 2.45) is 0 Å². The molecule has 0 aliphatic heterocycles. The van der Waals surface area contributed by atoms with Crippen molar-refractivity contribution in [3.63, 3.8) is 0 Å². The van der Waals surface area contributed by atoms with E-state index in [-0.39, 0.29) is 17.1 Å². The number of rotatable bonds is 4. The van der Waals surface area contributed by atoms with Crippen molar-refractivity contribution in [3.05, 3.63) is 98.8 Å². The molecule has 2 saturated carbocycles. The molecule has 2 aliphatic rings. The molecule has 0 atom stereocenters. The second-order valence-electron chi connectivity index (χ2n) is 6.19. The van der Waals surface area contributed by atoms with Crippen LogP contribution in [0.4, 0.5) is 0 Å². The average Bonchev–Trinajstić information content (AvgIpc) is 3.34. The molecule has 0 saturated heterocycles. The van der Waals surface area contributed by atoms with E-state index in [1.54, 1.807) is 12.8 Å². The summed E-state index contributed by atoms with van der Waals surface area (Å²) in [6.45, 7) is 0.930. The van der Waals surface area contributed by atoms with Gasteiger partial charge in [-0.3, -0.25) is 0 Å². The number of carbonyl (C=O) groups is 1. The molecule has 2 aliphatic carbocycles. The smallest absolute Gasteiger partial charge is 0.134 e. The van der Waals surface area contributed by atoms with Crippen LogP contribution in [0.2, 0.25) is 0 Å². The first-order valence-electron chi connectivity index (χ1n) is 8.22. The van der Waals surface area contributed by atoms with E-state index < -0.39 is 0 Å². The quantitative estimate of drug-likeness (QED) is 0.593. The van der Waals surface area contributed by atoms with Crippen LogP contribution in [-0.2, 0) is 21.9 Å². The van der Waals surface area contributed by atoms with Gasteiger partial charge in [0.25, 0.3) is 0 Å². The van der Waals surface area contributed by atoms with Crippen molar-refractivity contribution in [2.75, 3.05) is 20.6 Å². The summed E-state index contributed by atoms with van der Waals surface area (Å²) in [6.07, 6.45) is 14.4. The van der Waals surface area contributed by atoms with Gasteiger partial charge in [0, 0.05) is 40.8 Å². The van der Waals surface area contributed by atoms with Gasteiger partial charge >= 0.3 is 0 Å². The molecule has 0 spiro atoms. The van der Waals surface area contributed by atoms with Gasteiger partial charge in [-0.05, 0) is 71.2 Å². The molecular formula is C22H21FeNO2. The van der Waals surface area contributed by atoms with Crippen molar-refractivity contribution in [1.29, 1.82) is 0 Å². The van der Waals surface area contributed by atoms with Crippen molar-refractivity contribution in [1.82, 2.24) is 4.90 Å². The minimum absolute atomic E-state index is 0. The monoisotopic (exact) mass is 387 g/mol. The van der Waals surface area contributed by atoms with Gasteiger partial charge in [0.05, 0.1) is 5.92 Å². The molecule has 2 fully saturated rings. The number of carbonyl (C=O) groups excluding carboxylic acids is 1. The minimum atomic E-state index is 0. The van der Waals surface area contributed by atoms with E-state index in [1.807, 2.05) is 31.0 Å². The van der Waals surface area contributed by atoms with Gasteiger partial charge in [0.2, 0.25) is 0 Å². The molecule has 2 aromatic rings. The molecule has 4 heteroatoms. The molecule has 1 aromatic carbocycles. The maximum Gasteiger partial charge on any atom is 0.134 e. The summed E-state index contributed by atoms with van der Waals surface area (Å²) in [5.74, 6) is 4.21. The van der Waals surface area contributed by atoms with E-state index in [1.165, 1.54) is 11.8 Å². The number of hydrogen-bond acceptors (Lipinski definition) is 3. The van der Waals surface area contributed by atoms with E-state index in [2.05, 4.69) is 50.4 Å². The van der Waals surface area contributed by atoms with Gasteiger partial charge in [-0.25, -0.2) is 0 Å². The van der Waals surface area contributed by atoms with Gasteiger partial charge < -0.3 is 14.1 Å². The summed E-state index contributed by atoms with van der Waals surface area (Å²) in [5.41, 5.74) is 0.949. The Labute approximate surface area is 168 Å². The molecule has 134 valence electrons. The van der Waals surface area contributed by atoms with E-state index >= 15 is 0 Å². The molecule has 10 radical (unpaired) electrons. The molecule has 1 heterocycles. The van der Waals surface area contributed by atoms with Gasteiger partial charge in [0.15, 0.2) is 0 Å². The van der Waals surface area contributed by atoms with E-state index in [4.69, 9.17) is 4.42 Å². The third-order valence-corrected chi connectivity index (χ3v) is 3.91. The normalized spacial score (nSPS) is 18.7. The molecular weight excluding hydrogens is 366 g/mol. The Morgan fingerprint density at radius 1 is 1.00 bits per heavy atom. The summed E-state index contributed by atoms with van der Waals surface area (Å²) in [6, 6.07) is 10.2. The van der Waals surface area contributed by atoms with Gasteiger partial charge in [-0.2, -0.15) is 0 Å². The Bertz CT molecular complexity index is 643. The second kappa shape index (κ2) is 10.3. The summed E-state index contributed by atoms with van der Waals surface area (Å²) in [7, 11) is 4.16. The number of benzene rings is 1. The first kappa shape index (κ1) is 21.2. The van der Waals surface area contributed by atoms with Crippen molar-refractivity contribution < 1.29 is 26.3 Å². The maximum atomic E-state index is 9.87. The van der Waals surface area contributed by atoms with Crippen LogP contribution in [0.15, 0.2) is 34.7 Å². The first-order valence-corrected chi connectivity index (χ1v) is 8.22. The third kappa shape index (κ3) is 5.45. The Balaban J connectivity index is 0.000000258. The van der Waals surface area contributed by atoms with Crippen LogP contribution >= 0.6 is 0 Å². The van der Waals surface area contributed by atoms with Crippen LogP contribution < -0.4 is 0 Å². The predicted molar refractivity (Wildman–Crippen MR) is 99.8 cm³/mol. The summed E-state index contributed by atoms with van der Waals surface area (Å²) < 4.78 is 5.92. The molecule has 26 heavy (non-hydrogen) atoms. The standard InChI is InChI=1S/C16H16NO.C6H5O.Fe/c1-17(2)11-13-7-5-8-14(13)16-10-12-6-3-4-9-15(12)18-16;7-5-6-3-1-2-4-6;/h3-10H,11H2,1-2H3;1-5H;. The number of para-hydroxylation sites is 1. The Morgan fingerprint density at radius 2 is 1.73 bits per heavy atom. The van der Waals surface area contributed by atoms with Gasteiger partial charge in [0.1, 0.15) is 17.6 Å². The Morgan fingerprint density at radius 3 is 2.35 bits per heavy atom. The largest absolute Gasteiger partial charge is 0.460 e. The summed E-state index contributed by atoms with van der Waals surface area (Å²) in [5, 5.41) is 1.16. The third-order valence-electron chi connectivity index (χ3n) is 3.91. The Hall–Kier alpha value is -1.09. The fraction of sp³-hybridized carbons (Fsp3) is 0.136. The minimum Gasteiger partial charge on any atom is -0.460 e. The summed E-state index contributed by atoms with van der Waals surface area (Å²) >= 11 is 0. The number of aldehydes is 1. The number of hydrogen-bond donors (Lipinski definition) is 0. The van der Waals surface area contributed by atoms with Crippen molar-refractivity contribution in [3.8, 4) is 0 Å². The number of furan rings is 1. The molecule has 0 unspecified atom stereocenters. The van der Waals surface area contributed by atoms with Crippen LogP contribution in [0.1, 0.15) is 5.76 Å². The molecule has 0 bridgehead atoms. The molecule has 4 rings (SSSR count). The zero-order valence-corrected chi connectivity index (χ0v) is 15.9.